The van der Waals surface area contributed by atoms with Crippen LogP contribution in [0.4, 0.5) is 4.39 Å². The summed E-state index contributed by atoms with van der Waals surface area (Å²) in [5, 5.41) is 0.554. The lowest BCUT2D eigenvalue weighted by atomic mass is 10.0. The van der Waals surface area contributed by atoms with Gasteiger partial charge in [-0.3, -0.25) is 10.8 Å². The standard InChI is InChI=1S/C13H13ClFN3O/c1-19-12-5-2-8(14)6-10(12)13(18-16)11-4-3-9(15)7-17-11/h2-7,13,18H,16H2,1H3. The summed E-state index contributed by atoms with van der Waals surface area (Å²) in [7, 11) is 1.55. The van der Waals surface area contributed by atoms with E-state index in [0.717, 1.165) is 11.8 Å². The normalized spacial score (nSPS) is 12.2. The molecule has 6 heteroatoms. The monoisotopic (exact) mass is 281 g/mol. The molecule has 0 aliphatic carbocycles. The average molecular weight is 282 g/mol. The highest BCUT2D eigenvalue weighted by Gasteiger charge is 2.18. The maximum absolute atomic E-state index is 12.9. The second-order valence-electron chi connectivity index (χ2n) is 3.89. The molecule has 0 aliphatic heterocycles. The number of nitrogens with zero attached hydrogens (tertiary/aromatic N) is 1. The first-order valence-corrected chi connectivity index (χ1v) is 5.94. The molecule has 19 heavy (non-hydrogen) atoms. The van der Waals surface area contributed by atoms with Gasteiger partial charge in [-0.15, -0.1) is 0 Å². The van der Waals surface area contributed by atoms with Crippen molar-refractivity contribution >= 4 is 11.6 Å². The Hall–Kier alpha value is -1.69. The second kappa shape index (κ2) is 5.97. The highest BCUT2D eigenvalue weighted by atomic mass is 35.5. The molecule has 1 aromatic carbocycles. The lowest BCUT2D eigenvalue weighted by Crippen LogP contribution is -2.29. The summed E-state index contributed by atoms with van der Waals surface area (Å²) in [6.45, 7) is 0. The van der Waals surface area contributed by atoms with E-state index in [4.69, 9.17) is 22.2 Å². The Labute approximate surface area is 115 Å². The Kier molecular flexibility index (Phi) is 4.31. The molecule has 0 saturated carbocycles. The van der Waals surface area contributed by atoms with Crippen LogP contribution < -0.4 is 16.0 Å². The van der Waals surface area contributed by atoms with Crippen LogP contribution >= 0.6 is 11.6 Å². The number of benzene rings is 1. The lowest BCUT2D eigenvalue weighted by Gasteiger charge is -2.18. The lowest BCUT2D eigenvalue weighted by molar-refractivity contribution is 0.403. The first-order chi connectivity index (χ1) is 9.15. The van der Waals surface area contributed by atoms with Crippen LogP contribution in [0.25, 0.3) is 0 Å². The van der Waals surface area contributed by atoms with Crippen molar-refractivity contribution in [3.63, 3.8) is 0 Å². The van der Waals surface area contributed by atoms with E-state index in [2.05, 4.69) is 10.4 Å². The molecule has 0 amide bonds. The molecular weight excluding hydrogens is 269 g/mol. The fourth-order valence-electron chi connectivity index (χ4n) is 1.82. The number of ether oxygens (including phenoxy) is 1. The van der Waals surface area contributed by atoms with Crippen LogP contribution in [0, 0.1) is 5.82 Å². The fraction of sp³-hybridized carbons (Fsp3) is 0.154. The van der Waals surface area contributed by atoms with Gasteiger partial charge in [-0.05, 0) is 30.3 Å². The van der Waals surface area contributed by atoms with E-state index >= 15 is 0 Å². The number of rotatable bonds is 4. The van der Waals surface area contributed by atoms with Gasteiger partial charge < -0.3 is 4.74 Å². The zero-order valence-electron chi connectivity index (χ0n) is 10.2. The molecular formula is C13H13ClFN3O. The number of nitrogens with one attached hydrogen (secondary N) is 1. The number of aromatic nitrogens is 1. The third kappa shape index (κ3) is 3.01. The smallest absolute Gasteiger partial charge is 0.141 e. The third-order valence-corrected chi connectivity index (χ3v) is 2.95. The molecule has 0 aliphatic rings. The Bertz CT molecular complexity index is 562. The van der Waals surface area contributed by atoms with Crippen LogP contribution in [0.1, 0.15) is 17.3 Å². The number of methoxy groups -OCH3 is 1. The van der Waals surface area contributed by atoms with Crippen LogP contribution in [-0.2, 0) is 0 Å². The van der Waals surface area contributed by atoms with Crippen molar-refractivity contribution in [1.29, 1.82) is 0 Å². The van der Waals surface area contributed by atoms with Crippen molar-refractivity contribution in [3.05, 3.63) is 58.6 Å². The molecule has 4 nitrogen and oxygen atoms in total. The van der Waals surface area contributed by atoms with E-state index < -0.39 is 11.9 Å². The molecule has 0 radical (unpaired) electrons. The SMILES string of the molecule is COc1ccc(Cl)cc1C(NN)c1ccc(F)cn1. The number of hydrazine groups is 1. The van der Waals surface area contributed by atoms with E-state index in [1.54, 1.807) is 31.4 Å². The predicted molar refractivity (Wildman–Crippen MR) is 71.4 cm³/mol. The van der Waals surface area contributed by atoms with Gasteiger partial charge in [0.1, 0.15) is 11.6 Å². The van der Waals surface area contributed by atoms with Gasteiger partial charge in [0.05, 0.1) is 25.0 Å². The van der Waals surface area contributed by atoms with Gasteiger partial charge in [0.15, 0.2) is 0 Å². The van der Waals surface area contributed by atoms with Crippen LogP contribution in [0.5, 0.6) is 5.75 Å². The molecule has 1 atom stereocenters. The zero-order chi connectivity index (χ0) is 13.8. The van der Waals surface area contributed by atoms with Crippen molar-refractivity contribution in [2.45, 2.75) is 6.04 Å². The molecule has 100 valence electrons. The second-order valence-corrected chi connectivity index (χ2v) is 4.32. The number of nitrogens with two attached hydrogens (primary N) is 1. The zero-order valence-corrected chi connectivity index (χ0v) is 11.0. The van der Waals surface area contributed by atoms with E-state index in [0.29, 0.717) is 16.5 Å². The van der Waals surface area contributed by atoms with Gasteiger partial charge in [0.2, 0.25) is 0 Å². The average Bonchev–Trinajstić information content (AvgIpc) is 2.42. The summed E-state index contributed by atoms with van der Waals surface area (Å²) >= 11 is 5.98. The Morgan fingerprint density at radius 2 is 2.16 bits per heavy atom. The van der Waals surface area contributed by atoms with Crippen LogP contribution in [0.3, 0.4) is 0 Å². The van der Waals surface area contributed by atoms with Crippen molar-refractivity contribution in [2.24, 2.45) is 5.84 Å². The van der Waals surface area contributed by atoms with Crippen molar-refractivity contribution in [2.75, 3.05) is 7.11 Å². The van der Waals surface area contributed by atoms with E-state index in [1.807, 2.05) is 0 Å². The van der Waals surface area contributed by atoms with E-state index in [9.17, 15) is 4.39 Å². The molecule has 2 rings (SSSR count). The van der Waals surface area contributed by atoms with Gasteiger partial charge in [-0.25, -0.2) is 9.82 Å². The summed E-state index contributed by atoms with van der Waals surface area (Å²) in [5.41, 5.74) is 3.94. The fourth-order valence-corrected chi connectivity index (χ4v) is 2.00. The van der Waals surface area contributed by atoms with Gasteiger partial charge in [0.25, 0.3) is 0 Å². The summed E-state index contributed by atoms with van der Waals surface area (Å²) < 4.78 is 18.2. The third-order valence-electron chi connectivity index (χ3n) is 2.72. The molecule has 0 saturated heterocycles. The number of halogens is 2. The highest BCUT2D eigenvalue weighted by Crippen LogP contribution is 2.31. The summed E-state index contributed by atoms with van der Waals surface area (Å²) in [6, 6.07) is 7.63. The molecule has 0 spiro atoms. The van der Waals surface area contributed by atoms with Gasteiger partial charge >= 0.3 is 0 Å². The van der Waals surface area contributed by atoms with Crippen molar-refractivity contribution < 1.29 is 9.13 Å². The first-order valence-electron chi connectivity index (χ1n) is 5.56. The number of pyridine rings is 1. The Morgan fingerprint density at radius 1 is 1.37 bits per heavy atom. The first kappa shape index (κ1) is 13.7. The molecule has 1 unspecified atom stereocenters. The van der Waals surface area contributed by atoms with Crippen LogP contribution in [0.15, 0.2) is 36.5 Å². The Balaban J connectivity index is 2.47. The number of hydrogen-bond donors (Lipinski definition) is 2. The van der Waals surface area contributed by atoms with Gasteiger partial charge in [0, 0.05) is 10.6 Å². The van der Waals surface area contributed by atoms with Crippen molar-refractivity contribution in [1.82, 2.24) is 10.4 Å². The Morgan fingerprint density at radius 3 is 2.74 bits per heavy atom. The van der Waals surface area contributed by atoms with Crippen molar-refractivity contribution in [3.8, 4) is 5.75 Å². The quantitative estimate of drug-likeness (QED) is 0.667. The molecule has 0 bridgehead atoms. The summed E-state index contributed by atoms with van der Waals surface area (Å²) in [5.74, 6) is 5.78. The summed E-state index contributed by atoms with van der Waals surface area (Å²) in [4.78, 5) is 4.01. The van der Waals surface area contributed by atoms with Gasteiger partial charge in [-0.1, -0.05) is 11.6 Å². The van der Waals surface area contributed by atoms with E-state index in [-0.39, 0.29) is 0 Å². The van der Waals surface area contributed by atoms with Gasteiger partial charge in [-0.2, -0.15) is 0 Å². The largest absolute Gasteiger partial charge is 0.496 e. The molecule has 1 aromatic heterocycles. The molecule has 1 heterocycles. The highest BCUT2D eigenvalue weighted by molar-refractivity contribution is 6.30. The minimum atomic E-state index is -0.436. The number of hydrogen-bond acceptors (Lipinski definition) is 4. The minimum Gasteiger partial charge on any atom is -0.496 e. The summed E-state index contributed by atoms with van der Waals surface area (Å²) in [6.07, 6.45) is 1.14. The van der Waals surface area contributed by atoms with Crippen LogP contribution in [0.2, 0.25) is 5.02 Å². The predicted octanol–water partition coefficient (Wildman–Crippen LogP) is 2.44. The topological polar surface area (TPSA) is 60.2 Å². The van der Waals surface area contributed by atoms with Crippen LogP contribution in [-0.4, -0.2) is 12.1 Å². The van der Waals surface area contributed by atoms with E-state index in [1.165, 1.54) is 6.07 Å². The molecule has 0 fully saturated rings. The minimum absolute atomic E-state index is 0.405. The molecule has 2 aromatic rings. The maximum atomic E-state index is 12.9. The molecule has 3 N–H and O–H groups in total. The maximum Gasteiger partial charge on any atom is 0.141 e.